The minimum atomic E-state index is -0.0197. The number of nitrogens with one attached hydrogen (secondary N) is 1. The topological polar surface area (TPSA) is 93.5 Å². The molecule has 0 spiro atoms. The SMILES string of the molecule is CCc1nc(CC)n(-c2ncccc2C(=N)N)n1. The summed E-state index contributed by atoms with van der Waals surface area (Å²) in [7, 11) is 0. The maximum Gasteiger partial charge on any atom is 0.166 e. The van der Waals surface area contributed by atoms with Crippen LogP contribution < -0.4 is 5.73 Å². The van der Waals surface area contributed by atoms with Crippen LogP contribution in [-0.2, 0) is 12.8 Å². The Morgan fingerprint density at radius 1 is 1.39 bits per heavy atom. The normalized spacial score (nSPS) is 10.6. The first-order valence-corrected chi connectivity index (χ1v) is 5.92. The van der Waals surface area contributed by atoms with Crippen LogP contribution in [-0.4, -0.2) is 25.6 Å². The van der Waals surface area contributed by atoms with Crippen molar-refractivity contribution in [3.05, 3.63) is 35.5 Å². The van der Waals surface area contributed by atoms with Crippen LogP contribution in [0.5, 0.6) is 0 Å². The van der Waals surface area contributed by atoms with Gasteiger partial charge in [-0.25, -0.2) is 9.97 Å². The molecule has 2 aromatic rings. The first-order valence-electron chi connectivity index (χ1n) is 5.92. The van der Waals surface area contributed by atoms with E-state index in [0.717, 1.165) is 24.5 Å². The van der Waals surface area contributed by atoms with Crippen molar-refractivity contribution in [3.63, 3.8) is 0 Å². The fourth-order valence-electron chi connectivity index (χ4n) is 1.72. The molecule has 0 unspecified atom stereocenters. The van der Waals surface area contributed by atoms with Crippen molar-refractivity contribution >= 4 is 5.84 Å². The number of rotatable bonds is 4. The van der Waals surface area contributed by atoms with E-state index in [4.69, 9.17) is 11.1 Å². The Bertz CT molecular complexity index is 572. The second-order valence-electron chi connectivity index (χ2n) is 3.85. The number of pyridine rings is 1. The van der Waals surface area contributed by atoms with Gasteiger partial charge in [0.2, 0.25) is 0 Å². The van der Waals surface area contributed by atoms with Crippen molar-refractivity contribution in [1.29, 1.82) is 5.41 Å². The fraction of sp³-hybridized carbons (Fsp3) is 0.333. The second kappa shape index (κ2) is 4.95. The van der Waals surface area contributed by atoms with Crippen LogP contribution in [0.2, 0.25) is 0 Å². The maximum absolute atomic E-state index is 7.58. The highest BCUT2D eigenvalue weighted by Crippen LogP contribution is 2.13. The third kappa shape index (κ3) is 2.09. The lowest BCUT2D eigenvalue weighted by Crippen LogP contribution is -2.17. The molecule has 0 atom stereocenters. The van der Waals surface area contributed by atoms with Crippen LogP contribution in [0.3, 0.4) is 0 Å². The summed E-state index contributed by atoms with van der Waals surface area (Å²) in [5, 5.41) is 12.0. The van der Waals surface area contributed by atoms with Gasteiger partial charge in [0.15, 0.2) is 11.6 Å². The number of aromatic nitrogens is 4. The lowest BCUT2D eigenvalue weighted by Gasteiger charge is -2.08. The molecule has 0 saturated heterocycles. The summed E-state index contributed by atoms with van der Waals surface area (Å²) in [4.78, 5) is 8.69. The van der Waals surface area contributed by atoms with Crippen LogP contribution in [0.1, 0.15) is 31.1 Å². The summed E-state index contributed by atoms with van der Waals surface area (Å²) in [5.74, 6) is 2.14. The Kier molecular flexibility index (Phi) is 3.36. The van der Waals surface area contributed by atoms with Crippen molar-refractivity contribution in [2.75, 3.05) is 0 Å². The van der Waals surface area contributed by atoms with Gasteiger partial charge in [-0.2, -0.15) is 4.68 Å². The molecule has 6 heteroatoms. The Morgan fingerprint density at radius 2 is 2.17 bits per heavy atom. The summed E-state index contributed by atoms with van der Waals surface area (Å²) in [6.07, 6.45) is 3.18. The van der Waals surface area contributed by atoms with E-state index >= 15 is 0 Å². The standard InChI is InChI=1S/C12H16N6/c1-3-9-16-10(4-2)18(17-9)12-8(11(13)14)6-5-7-15-12/h5-7H,3-4H2,1-2H3,(H3,13,14). The van der Waals surface area contributed by atoms with E-state index in [9.17, 15) is 0 Å². The molecule has 0 amide bonds. The van der Waals surface area contributed by atoms with Gasteiger partial charge in [0, 0.05) is 19.0 Å². The van der Waals surface area contributed by atoms with Gasteiger partial charge in [-0.05, 0) is 12.1 Å². The van der Waals surface area contributed by atoms with Crippen LogP contribution in [0.15, 0.2) is 18.3 Å². The van der Waals surface area contributed by atoms with Gasteiger partial charge in [-0.3, -0.25) is 5.41 Å². The van der Waals surface area contributed by atoms with Gasteiger partial charge in [0.05, 0.1) is 5.56 Å². The zero-order valence-corrected chi connectivity index (χ0v) is 10.5. The smallest absolute Gasteiger partial charge is 0.166 e. The van der Waals surface area contributed by atoms with Gasteiger partial charge < -0.3 is 5.73 Å². The molecule has 0 radical (unpaired) electrons. The highest BCUT2D eigenvalue weighted by atomic mass is 15.4. The Hall–Kier alpha value is -2.24. The fourth-order valence-corrected chi connectivity index (χ4v) is 1.72. The average Bonchev–Trinajstić information content (AvgIpc) is 2.81. The molecule has 0 saturated carbocycles. The highest BCUT2D eigenvalue weighted by Gasteiger charge is 2.14. The van der Waals surface area contributed by atoms with Crippen molar-refractivity contribution in [1.82, 2.24) is 19.7 Å². The van der Waals surface area contributed by atoms with E-state index in [1.165, 1.54) is 0 Å². The molecule has 2 aromatic heterocycles. The van der Waals surface area contributed by atoms with E-state index in [0.29, 0.717) is 11.4 Å². The Balaban J connectivity index is 2.61. The molecule has 0 fully saturated rings. The first-order chi connectivity index (χ1) is 8.67. The average molecular weight is 244 g/mol. The molecule has 0 aromatic carbocycles. The number of nitrogens with zero attached hydrogens (tertiary/aromatic N) is 4. The van der Waals surface area contributed by atoms with Gasteiger partial charge in [-0.1, -0.05) is 13.8 Å². The van der Waals surface area contributed by atoms with Crippen molar-refractivity contribution < 1.29 is 0 Å². The minimum absolute atomic E-state index is 0.0197. The van der Waals surface area contributed by atoms with Gasteiger partial charge in [0.25, 0.3) is 0 Å². The summed E-state index contributed by atoms with van der Waals surface area (Å²) in [6.45, 7) is 4.01. The van der Waals surface area contributed by atoms with Crippen molar-refractivity contribution in [3.8, 4) is 5.82 Å². The van der Waals surface area contributed by atoms with Gasteiger partial charge >= 0.3 is 0 Å². The third-order valence-electron chi connectivity index (χ3n) is 2.63. The van der Waals surface area contributed by atoms with Crippen LogP contribution in [0, 0.1) is 5.41 Å². The predicted molar refractivity (Wildman–Crippen MR) is 68.9 cm³/mol. The van der Waals surface area contributed by atoms with E-state index in [1.54, 1.807) is 23.0 Å². The molecule has 6 nitrogen and oxygen atoms in total. The molecular formula is C12H16N6. The maximum atomic E-state index is 7.58. The lowest BCUT2D eigenvalue weighted by atomic mass is 10.2. The van der Waals surface area contributed by atoms with Gasteiger partial charge in [-0.15, -0.1) is 5.10 Å². The number of amidine groups is 1. The second-order valence-corrected chi connectivity index (χ2v) is 3.85. The minimum Gasteiger partial charge on any atom is -0.384 e. The lowest BCUT2D eigenvalue weighted by molar-refractivity contribution is 0.767. The quantitative estimate of drug-likeness (QED) is 0.621. The van der Waals surface area contributed by atoms with Crippen LogP contribution >= 0.6 is 0 Å². The van der Waals surface area contributed by atoms with Crippen LogP contribution in [0.4, 0.5) is 0 Å². The number of hydrogen-bond acceptors (Lipinski definition) is 4. The summed E-state index contributed by atoms with van der Waals surface area (Å²) < 4.78 is 1.68. The largest absolute Gasteiger partial charge is 0.384 e. The number of nitrogen functional groups attached to an aromatic ring is 1. The Labute approximate surface area is 105 Å². The number of aryl methyl sites for hydroxylation is 2. The molecule has 0 bridgehead atoms. The summed E-state index contributed by atoms with van der Waals surface area (Å²) in [6, 6.07) is 3.51. The van der Waals surface area contributed by atoms with E-state index in [-0.39, 0.29) is 5.84 Å². The predicted octanol–water partition coefficient (Wildman–Crippen LogP) is 1.07. The van der Waals surface area contributed by atoms with E-state index < -0.39 is 0 Å². The molecule has 0 aliphatic carbocycles. The van der Waals surface area contributed by atoms with Crippen LogP contribution in [0.25, 0.3) is 5.82 Å². The number of nitrogens with two attached hydrogens (primary N) is 1. The van der Waals surface area contributed by atoms with Crippen molar-refractivity contribution in [2.24, 2.45) is 5.73 Å². The zero-order chi connectivity index (χ0) is 13.1. The molecule has 2 rings (SSSR count). The molecule has 94 valence electrons. The molecule has 2 heterocycles. The molecule has 0 aliphatic heterocycles. The number of hydrogen-bond donors (Lipinski definition) is 2. The first kappa shape index (κ1) is 12.2. The molecule has 18 heavy (non-hydrogen) atoms. The third-order valence-corrected chi connectivity index (χ3v) is 2.63. The van der Waals surface area contributed by atoms with E-state index in [1.807, 2.05) is 13.8 Å². The molecular weight excluding hydrogens is 228 g/mol. The highest BCUT2D eigenvalue weighted by molar-refractivity contribution is 5.97. The van der Waals surface area contributed by atoms with Gasteiger partial charge in [0.1, 0.15) is 11.7 Å². The summed E-state index contributed by atoms with van der Waals surface area (Å²) in [5.41, 5.74) is 6.13. The van der Waals surface area contributed by atoms with E-state index in [2.05, 4.69) is 15.1 Å². The monoisotopic (exact) mass is 244 g/mol. The van der Waals surface area contributed by atoms with Crippen molar-refractivity contribution in [2.45, 2.75) is 26.7 Å². The Morgan fingerprint density at radius 3 is 2.78 bits per heavy atom. The summed E-state index contributed by atoms with van der Waals surface area (Å²) >= 11 is 0. The molecule has 0 aliphatic rings. The molecule has 3 N–H and O–H groups in total. The zero-order valence-electron chi connectivity index (χ0n) is 10.5.